The van der Waals surface area contributed by atoms with Gasteiger partial charge in [0.05, 0.1) is 17.8 Å². The topological polar surface area (TPSA) is 68.1 Å². The molecular formula is C12H12ClN3O2. The molecule has 18 heavy (non-hydrogen) atoms. The molecule has 0 aliphatic carbocycles. The van der Waals surface area contributed by atoms with E-state index in [1.165, 1.54) is 7.11 Å². The lowest BCUT2D eigenvalue weighted by molar-refractivity contribution is 0.172. The molecule has 0 aromatic carbocycles. The maximum Gasteiger partial charge on any atom is 0.233 e. The third-order valence-corrected chi connectivity index (χ3v) is 2.82. The van der Waals surface area contributed by atoms with Crippen LogP contribution in [-0.4, -0.2) is 27.4 Å². The number of nitrogens with zero attached hydrogens (tertiary/aromatic N) is 3. The third-order valence-electron chi connectivity index (χ3n) is 2.48. The van der Waals surface area contributed by atoms with Crippen molar-refractivity contribution in [3.05, 3.63) is 46.9 Å². The Morgan fingerprint density at radius 3 is 2.78 bits per heavy atom. The molecule has 0 amide bonds. The van der Waals surface area contributed by atoms with Crippen LogP contribution < -0.4 is 4.74 Å². The van der Waals surface area contributed by atoms with Crippen LogP contribution in [0, 0.1) is 0 Å². The molecule has 0 saturated carbocycles. The van der Waals surface area contributed by atoms with Crippen LogP contribution in [-0.2, 0) is 6.42 Å². The van der Waals surface area contributed by atoms with Gasteiger partial charge in [0.1, 0.15) is 6.10 Å². The zero-order valence-corrected chi connectivity index (χ0v) is 10.5. The van der Waals surface area contributed by atoms with Crippen molar-refractivity contribution in [3.63, 3.8) is 0 Å². The van der Waals surface area contributed by atoms with Gasteiger partial charge in [0.2, 0.25) is 5.88 Å². The molecule has 0 radical (unpaired) electrons. The Labute approximate surface area is 109 Å². The van der Waals surface area contributed by atoms with Gasteiger partial charge in [-0.15, -0.1) is 10.2 Å². The van der Waals surface area contributed by atoms with Gasteiger partial charge in [-0.05, 0) is 17.7 Å². The highest BCUT2D eigenvalue weighted by Crippen LogP contribution is 2.21. The Morgan fingerprint density at radius 2 is 2.17 bits per heavy atom. The quantitative estimate of drug-likeness (QED) is 0.913. The fraction of sp³-hybridized carbons (Fsp3) is 0.250. The van der Waals surface area contributed by atoms with Gasteiger partial charge in [0, 0.05) is 24.9 Å². The highest BCUT2D eigenvalue weighted by molar-refractivity contribution is 6.31. The van der Waals surface area contributed by atoms with Crippen molar-refractivity contribution in [2.75, 3.05) is 7.11 Å². The molecule has 0 bridgehead atoms. The number of aliphatic hydroxyl groups is 1. The van der Waals surface area contributed by atoms with Crippen LogP contribution in [0.25, 0.3) is 0 Å². The fourth-order valence-electron chi connectivity index (χ4n) is 1.50. The molecule has 1 atom stereocenters. The maximum absolute atomic E-state index is 10.0. The third kappa shape index (κ3) is 2.94. The summed E-state index contributed by atoms with van der Waals surface area (Å²) in [6.45, 7) is 0. The van der Waals surface area contributed by atoms with E-state index in [4.69, 9.17) is 16.3 Å². The number of aromatic nitrogens is 3. The first-order chi connectivity index (χ1) is 8.70. The van der Waals surface area contributed by atoms with Crippen molar-refractivity contribution in [1.82, 2.24) is 15.2 Å². The molecule has 1 N–H and O–H groups in total. The Morgan fingerprint density at radius 1 is 1.33 bits per heavy atom. The summed E-state index contributed by atoms with van der Waals surface area (Å²) in [6.07, 6.45) is 2.78. The summed E-state index contributed by atoms with van der Waals surface area (Å²) in [5.74, 6) is 0.410. The standard InChI is InChI=1S/C12H12ClN3O2/c1-18-12-3-2-10(15-16-12)11(17)6-8-4-5-14-7-9(8)13/h2-5,7,11,17H,6H2,1H3. The molecule has 0 fully saturated rings. The van der Waals surface area contributed by atoms with Gasteiger partial charge in [-0.1, -0.05) is 11.6 Å². The molecule has 5 nitrogen and oxygen atoms in total. The molecule has 2 aromatic heterocycles. The van der Waals surface area contributed by atoms with Crippen molar-refractivity contribution >= 4 is 11.6 Å². The molecule has 0 spiro atoms. The van der Waals surface area contributed by atoms with Crippen LogP contribution >= 0.6 is 11.6 Å². The average Bonchev–Trinajstić information content (AvgIpc) is 2.41. The summed E-state index contributed by atoms with van der Waals surface area (Å²) >= 11 is 5.97. The number of ether oxygens (including phenoxy) is 1. The molecule has 1 unspecified atom stereocenters. The first kappa shape index (κ1) is 12.7. The van der Waals surface area contributed by atoms with E-state index in [1.54, 1.807) is 30.6 Å². The fourth-order valence-corrected chi connectivity index (χ4v) is 1.70. The number of halogens is 1. The molecule has 0 aliphatic heterocycles. The lowest BCUT2D eigenvalue weighted by Crippen LogP contribution is -2.06. The van der Waals surface area contributed by atoms with E-state index in [0.717, 1.165) is 5.56 Å². The normalized spacial score (nSPS) is 12.2. The van der Waals surface area contributed by atoms with Crippen LogP contribution in [0.4, 0.5) is 0 Å². The largest absolute Gasteiger partial charge is 0.480 e. The number of hydrogen-bond acceptors (Lipinski definition) is 5. The van der Waals surface area contributed by atoms with Gasteiger partial charge in [-0.25, -0.2) is 0 Å². The lowest BCUT2D eigenvalue weighted by atomic mass is 10.1. The highest BCUT2D eigenvalue weighted by atomic mass is 35.5. The van der Waals surface area contributed by atoms with Crippen LogP contribution in [0.5, 0.6) is 5.88 Å². The molecule has 2 aromatic rings. The molecule has 2 heterocycles. The summed E-state index contributed by atoms with van der Waals surface area (Å²) in [7, 11) is 1.51. The van der Waals surface area contributed by atoms with Crippen molar-refractivity contribution < 1.29 is 9.84 Å². The van der Waals surface area contributed by atoms with E-state index in [2.05, 4.69) is 15.2 Å². The number of pyridine rings is 1. The second kappa shape index (κ2) is 5.75. The minimum atomic E-state index is -0.761. The molecule has 94 valence electrons. The van der Waals surface area contributed by atoms with Crippen molar-refractivity contribution in [1.29, 1.82) is 0 Å². The van der Waals surface area contributed by atoms with Crippen molar-refractivity contribution in [2.24, 2.45) is 0 Å². The van der Waals surface area contributed by atoms with Crippen LogP contribution in [0.2, 0.25) is 5.02 Å². The van der Waals surface area contributed by atoms with Gasteiger partial charge in [0.15, 0.2) is 0 Å². The monoisotopic (exact) mass is 265 g/mol. The van der Waals surface area contributed by atoms with E-state index >= 15 is 0 Å². The second-order valence-electron chi connectivity index (χ2n) is 3.69. The summed E-state index contributed by atoms with van der Waals surface area (Å²) in [6, 6.07) is 5.09. The molecule has 2 rings (SSSR count). The van der Waals surface area contributed by atoms with Crippen LogP contribution in [0.1, 0.15) is 17.4 Å². The first-order valence-corrected chi connectivity index (χ1v) is 5.72. The maximum atomic E-state index is 10.0. The van der Waals surface area contributed by atoms with Crippen LogP contribution in [0.3, 0.4) is 0 Å². The number of aliphatic hydroxyl groups excluding tert-OH is 1. The van der Waals surface area contributed by atoms with Gasteiger partial charge < -0.3 is 9.84 Å². The summed E-state index contributed by atoms with van der Waals surface area (Å²) in [5.41, 5.74) is 1.29. The average molecular weight is 266 g/mol. The van der Waals surface area contributed by atoms with Gasteiger partial charge in [-0.3, -0.25) is 4.98 Å². The summed E-state index contributed by atoms with van der Waals surface area (Å²) in [5, 5.41) is 18.3. The van der Waals surface area contributed by atoms with E-state index in [0.29, 0.717) is 23.0 Å². The predicted molar refractivity (Wildman–Crippen MR) is 66.5 cm³/mol. The zero-order valence-electron chi connectivity index (χ0n) is 9.75. The van der Waals surface area contributed by atoms with Gasteiger partial charge in [-0.2, -0.15) is 0 Å². The molecular weight excluding hydrogens is 254 g/mol. The van der Waals surface area contributed by atoms with Gasteiger partial charge in [0.25, 0.3) is 0 Å². The number of methoxy groups -OCH3 is 1. The Hall–Kier alpha value is -1.72. The minimum absolute atomic E-state index is 0.363. The van der Waals surface area contributed by atoms with Crippen molar-refractivity contribution in [2.45, 2.75) is 12.5 Å². The molecule has 0 aliphatic rings. The van der Waals surface area contributed by atoms with E-state index in [-0.39, 0.29) is 0 Å². The minimum Gasteiger partial charge on any atom is -0.480 e. The molecule has 6 heteroatoms. The number of rotatable bonds is 4. The first-order valence-electron chi connectivity index (χ1n) is 5.35. The Balaban J connectivity index is 2.11. The van der Waals surface area contributed by atoms with E-state index < -0.39 is 6.10 Å². The predicted octanol–water partition coefficient (Wildman–Crippen LogP) is 1.81. The van der Waals surface area contributed by atoms with Gasteiger partial charge >= 0.3 is 0 Å². The van der Waals surface area contributed by atoms with Crippen molar-refractivity contribution in [3.8, 4) is 5.88 Å². The summed E-state index contributed by atoms with van der Waals surface area (Å²) < 4.78 is 4.90. The second-order valence-corrected chi connectivity index (χ2v) is 4.09. The van der Waals surface area contributed by atoms with E-state index in [9.17, 15) is 5.11 Å². The summed E-state index contributed by atoms with van der Waals surface area (Å²) in [4.78, 5) is 3.89. The Bertz CT molecular complexity index is 519. The van der Waals surface area contributed by atoms with Crippen LogP contribution in [0.15, 0.2) is 30.6 Å². The smallest absolute Gasteiger partial charge is 0.233 e. The lowest BCUT2D eigenvalue weighted by Gasteiger charge is -2.10. The van der Waals surface area contributed by atoms with E-state index in [1.807, 2.05) is 0 Å². The SMILES string of the molecule is COc1ccc(C(O)Cc2ccncc2Cl)nn1. The molecule has 0 saturated heterocycles. The number of hydrogen-bond donors (Lipinski definition) is 1. The Kier molecular flexibility index (Phi) is 4.07. The zero-order chi connectivity index (χ0) is 13.0. The highest BCUT2D eigenvalue weighted by Gasteiger charge is 2.13.